The minimum absolute atomic E-state index is 0.0555. The van der Waals surface area contributed by atoms with E-state index in [-0.39, 0.29) is 36.1 Å². The Morgan fingerprint density at radius 2 is 2.28 bits per heavy atom. The number of halogens is 1. The number of fused-ring (bicyclic) bond motifs is 1. The molecule has 0 unspecified atom stereocenters. The highest BCUT2D eigenvalue weighted by molar-refractivity contribution is 5.74. The summed E-state index contributed by atoms with van der Waals surface area (Å²) in [7, 11) is 2.96. The van der Waals surface area contributed by atoms with Gasteiger partial charge in [-0.25, -0.2) is 13.9 Å². The number of hydrogen-bond donors (Lipinski definition) is 1. The number of urea groups is 1. The molecule has 25 heavy (non-hydrogen) atoms. The lowest BCUT2D eigenvalue weighted by atomic mass is 10.1. The molecule has 9 heteroatoms. The van der Waals surface area contributed by atoms with E-state index in [9.17, 15) is 14.0 Å². The summed E-state index contributed by atoms with van der Waals surface area (Å²) in [4.78, 5) is 29.5. The molecule has 0 aliphatic carbocycles. The monoisotopic (exact) mass is 347 g/mol. The highest BCUT2D eigenvalue weighted by Crippen LogP contribution is 2.18. The summed E-state index contributed by atoms with van der Waals surface area (Å²) < 4.78 is 20.2. The van der Waals surface area contributed by atoms with E-state index in [1.54, 1.807) is 11.9 Å². The smallest absolute Gasteiger partial charge is 0.318 e. The van der Waals surface area contributed by atoms with E-state index >= 15 is 0 Å². The van der Waals surface area contributed by atoms with Crippen LogP contribution in [0.5, 0.6) is 5.75 Å². The lowest BCUT2D eigenvalue weighted by Gasteiger charge is -2.28. The number of aryl methyl sites for hydroxylation is 1. The molecule has 0 saturated heterocycles. The van der Waals surface area contributed by atoms with Gasteiger partial charge in [0.15, 0.2) is 11.6 Å². The van der Waals surface area contributed by atoms with Crippen molar-refractivity contribution in [3.05, 3.63) is 51.5 Å². The fraction of sp³-hybridized carbons (Fsp3) is 0.375. The Bertz CT molecular complexity index is 867. The Hall–Kier alpha value is -2.97. The average Bonchev–Trinajstić information content (AvgIpc) is 2.61. The maximum Gasteiger partial charge on any atom is 0.318 e. The zero-order valence-electron chi connectivity index (χ0n) is 14.0. The maximum atomic E-state index is 14.0. The standard InChI is InChI=1S/C16H18FN5O3/c1-21-14(23)7-10-9-22(6-4-11(10)20-21)16(24)19-8-12-15(17)13(25-2)3-5-18-12/h3,5,7H,4,6,8-9H2,1-2H3,(H,19,24). The first-order chi connectivity index (χ1) is 12.0. The Morgan fingerprint density at radius 3 is 3.04 bits per heavy atom. The van der Waals surface area contributed by atoms with Gasteiger partial charge in [-0.3, -0.25) is 9.78 Å². The summed E-state index contributed by atoms with van der Waals surface area (Å²) in [5.41, 5.74) is 1.42. The Labute approximate surface area is 143 Å². The number of nitrogens with one attached hydrogen (secondary N) is 1. The summed E-state index contributed by atoms with van der Waals surface area (Å²) in [6, 6.07) is 2.55. The highest BCUT2D eigenvalue weighted by Gasteiger charge is 2.23. The van der Waals surface area contributed by atoms with Crippen molar-refractivity contribution in [2.45, 2.75) is 19.5 Å². The van der Waals surface area contributed by atoms with Gasteiger partial charge < -0.3 is 15.0 Å². The molecule has 1 N–H and O–H groups in total. The molecule has 1 aliphatic rings. The van der Waals surface area contributed by atoms with Crippen molar-refractivity contribution in [2.75, 3.05) is 13.7 Å². The summed E-state index contributed by atoms with van der Waals surface area (Å²) in [6.45, 7) is 0.705. The summed E-state index contributed by atoms with van der Waals surface area (Å²) in [6.07, 6.45) is 1.98. The predicted octanol–water partition coefficient (Wildman–Crippen LogP) is 0.591. The van der Waals surface area contributed by atoms with Gasteiger partial charge in [-0.05, 0) is 0 Å². The van der Waals surface area contributed by atoms with Crippen molar-refractivity contribution < 1.29 is 13.9 Å². The third-order valence-corrected chi connectivity index (χ3v) is 4.08. The van der Waals surface area contributed by atoms with Crippen LogP contribution in [-0.4, -0.2) is 39.4 Å². The van der Waals surface area contributed by atoms with Crippen LogP contribution in [0.2, 0.25) is 0 Å². The number of carbonyl (C=O) groups is 1. The van der Waals surface area contributed by atoms with Crippen molar-refractivity contribution >= 4 is 6.03 Å². The Balaban J connectivity index is 1.67. The molecule has 3 heterocycles. The molecule has 0 aromatic carbocycles. The number of pyridine rings is 1. The number of nitrogens with zero attached hydrogens (tertiary/aromatic N) is 4. The first-order valence-corrected chi connectivity index (χ1v) is 7.76. The molecule has 0 spiro atoms. The van der Waals surface area contributed by atoms with Gasteiger partial charge >= 0.3 is 6.03 Å². The van der Waals surface area contributed by atoms with Gasteiger partial charge in [-0.1, -0.05) is 0 Å². The van der Waals surface area contributed by atoms with E-state index in [0.29, 0.717) is 13.0 Å². The summed E-state index contributed by atoms with van der Waals surface area (Å²) in [5, 5.41) is 6.85. The molecular weight excluding hydrogens is 329 g/mol. The molecule has 3 rings (SSSR count). The van der Waals surface area contributed by atoms with Crippen LogP contribution in [0, 0.1) is 5.82 Å². The largest absolute Gasteiger partial charge is 0.494 e. The number of amides is 2. The van der Waals surface area contributed by atoms with E-state index in [2.05, 4.69) is 15.4 Å². The predicted molar refractivity (Wildman–Crippen MR) is 86.6 cm³/mol. The molecule has 132 valence electrons. The van der Waals surface area contributed by atoms with Crippen molar-refractivity contribution in [2.24, 2.45) is 7.05 Å². The second-order valence-electron chi connectivity index (χ2n) is 5.68. The summed E-state index contributed by atoms with van der Waals surface area (Å²) >= 11 is 0. The van der Waals surface area contributed by atoms with Gasteiger partial charge in [-0.15, -0.1) is 0 Å². The molecular formula is C16H18FN5O3. The zero-order valence-corrected chi connectivity index (χ0v) is 14.0. The van der Waals surface area contributed by atoms with Gasteiger partial charge in [0.2, 0.25) is 0 Å². The van der Waals surface area contributed by atoms with Gasteiger partial charge in [0.1, 0.15) is 0 Å². The Kier molecular flexibility index (Phi) is 4.64. The molecule has 0 saturated carbocycles. The number of hydrogen-bond acceptors (Lipinski definition) is 5. The molecule has 0 bridgehead atoms. The van der Waals surface area contributed by atoms with Gasteiger partial charge in [0, 0.05) is 50.5 Å². The minimum atomic E-state index is -0.595. The van der Waals surface area contributed by atoms with Gasteiger partial charge in [0.05, 0.1) is 25.0 Å². The van der Waals surface area contributed by atoms with Crippen LogP contribution in [0.3, 0.4) is 0 Å². The average molecular weight is 347 g/mol. The minimum Gasteiger partial charge on any atom is -0.494 e. The van der Waals surface area contributed by atoms with Crippen LogP contribution in [0.25, 0.3) is 0 Å². The molecule has 2 aromatic rings. The van der Waals surface area contributed by atoms with Crippen LogP contribution in [0.15, 0.2) is 23.1 Å². The number of aromatic nitrogens is 3. The van der Waals surface area contributed by atoms with Crippen molar-refractivity contribution in [3.63, 3.8) is 0 Å². The first-order valence-electron chi connectivity index (χ1n) is 7.76. The number of rotatable bonds is 3. The molecule has 8 nitrogen and oxygen atoms in total. The van der Waals surface area contributed by atoms with Crippen molar-refractivity contribution in [1.82, 2.24) is 25.0 Å². The molecule has 2 amide bonds. The summed E-state index contributed by atoms with van der Waals surface area (Å²) in [5.74, 6) is -0.518. The molecule has 0 atom stereocenters. The van der Waals surface area contributed by atoms with E-state index in [1.807, 2.05) is 0 Å². The Morgan fingerprint density at radius 1 is 1.48 bits per heavy atom. The van der Waals surface area contributed by atoms with Crippen LogP contribution in [0.1, 0.15) is 17.0 Å². The van der Waals surface area contributed by atoms with Crippen LogP contribution in [-0.2, 0) is 26.6 Å². The fourth-order valence-electron chi connectivity index (χ4n) is 2.69. The third kappa shape index (κ3) is 3.44. The van der Waals surface area contributed by atoms with E-state index in [1.165, 1.54) is 30.1 Å². The van der Waals surface area contributed by atoms with Gasteiger partial charge in [0.25, 0.3) is 5.56 Å². The van der Waals surface area contributed by atoms with E-state index in [4.69, 9.17) is 4.74 Å². The normalized spacial score (nSPS) is 13.3. The topological polar surface area (TPSA) is 89.3 Å². The molecule has 0 radical (unpaired) electrons. The highest BCUT2D eigenvalue weighted by atomic mass is 19.1. The van der Waals surface area contributed by atoms with Crippen molar-refractivity contribution in [1.29, 1.82) is 0 Å². The maximum absolute atomic E-state index is 14.0. The second kappa shape index (κ2) is 6.88. The van der Waals surface area contributed by atoms with E-state index < -0.39 is 5.82 Å². The van der Waals surface area contributed by atoms with Crippen LogP contribution < -0.4 is 15.6 Å². The van der Waals surface area contributed by atoms with E-state index in [0.717, 1.165) is 11.3 Å². The molecule has 2 aromatic heterocycles. The quantitative estimate of drug-likeness (QED) is 0.878. The first kappa shape index (κ1) is 16.9. The van der Waals surface area contributed by atoms with Crippen LogP contribution in [0.4, 0.5) is 9.18 Å². The second-order valence-corrected chi connectivity index (χ2v) is 5.68. The number of methoxy groups -OCH3 is 1. The van der Waals surface area contributed by atoms with Gasteiger partial charge in [-0.2, -0.15) is 5.10 Å². The lowest BCUT2D eigenvalue weighted by molar-refractivity contribution is 0.190. The lowest BCUT2D eigenvalue weighted by Crippen LogP contribution is -2.43. The molecule has 0 fully saturated rings. The number of carbonyl (C=O) groups excluding carboxylic acids is 1. The van der Waals surface area contributed by atoms with Crippen LogP contribution >= 0.6 is 0 Å². The molecule has 1 aliphatic heterocycles. The third-order valence-electron chi connectivity index (χ3n) is 4.08. The van der Waals surface area contributed by atoms with Crippen molar-refractivity contribution in [3.8, 4) is 5.75 Å². The fourth-order valence-corrected chi connectivity index (χ4v) is 2.69. The SMILES string of the molecule is COc1ccnc(CNC(=O)N2CCc3nn(C)c(=O)cc3C2)c1F. The number of ether oxygens (including phenoxy) is 1. The zero-order chi connectivity index (χ0) is 18.0.